The predicted octanol–water partition coefficient (Wildman–Crippen LogP) is 3.67. The Morgan fingerprint density at radius 3 is 2.73 bits per heavy atom. The summed E-state index contributed by atoms with van der Waals surface area (Å²) < 4.78 is 10.9. The summed E-state index contributed by atoms with van der Waals surface area (Å²) in [5.74, 6) is 2.26. The smallest absolute Gasteiger partial charge is 0.216 e. The lowest BCUT2D eigenvalue weighted by Gasteiger charge is -2.21. The molecule has 146 valence electrons. The average Bonchev–Trinajstić information content (AvgIpc) is 3.17. The van der Waals surface area contributed by atoms with Crippen LogP contribution in [0.1, 0.15) is 48.0 Å². The number of guanidine groups is 1. The quantitative estimate of drug-likeness (QED) is 0.361. The molecule has 0 amide bonds. The summed E-state index contributed by atoms with van der Waals surface area (Å²) in [6.45, 7) is 9.75. The number of nitrogens with zero attached hydrogens (tertiary/aromatic N) is 4. The molecule has 0 spiro atoms. The second-order valence-electron chi connectivity index (χ2n) is 5.83. The first-order valence-electron chi connectivity index (χ1n) is 8.34. The molecule has 26 heavy (non-hydrogen) atoms. The van der Waals surface area contributed by atoms with Crippen molar-refractivity contribution in [3.63, 3.8) is 0 Å². The molecule has 0 radical (unpaired) electrons. The summed E-state index contributed by atoms with van der Waals surface area (Å²) in [7, 11) is 3.69. The highest BCUT2D eigenvalue weighted by molar-refractivity contribution is 14.0. The highest BCUT2D eigenvalue weighted by atomic mass is 127. The summed E-state index contributed by atoms with van der Waals surface area (Å²) in [5.41, 5.74) is 1.91. The van der Waals surface area contributed by atoms with E-state index < -0.39 is 0 Å². The molecule has 9 heteroatoms. The third-order valence-electron chi connectivity index (χ3n) is 3.80. The number of hydrogen-bond acceptors (Lipinski definition) is 6. The Hall–Kier alpha value is -1.20. The van der Waals surface area contributed by atoms with Gasteiger partial charge in [-0.3, -0.25) is 0 Å². The predicted molar refractivity (Wildman–Crippen MR) is 115 cm³/mol. The van der Waals surface area contributed by atoms with E-state index in [-0.39, 0.29) is 30.1 Å². The third-order valence-corrected chi connectivity index (χ3v) is 4.86. The topological polar surface area (TPSA) is 75.8 Å². The van der Waals surface area contributed by atoms with Gasteiger partial charge in [0.1, 0.15) is 23.4 Å². The molecule has 0 aliphatic heterocycles. The SMILES string of the molecule is CCNC(=NCc1nc(C)c(C)o1)N(C)Cc1csc(C(C)OC)n1.I. The lowest BCUT2D eigenvalue weighted by atomic mass is 10.4. The summed E-state index contributed by atoms with van der Waals surface area (Å²) in [4.78, 5) is 15.7. The lowest BCUT2D eigenvalue weighted by molar-refractivity contribution is 0.119. The van der Waals surface area contributed by atoms with Crippen LogP contribution in [0.4, 0.5) is 0 Å². The number of aliphatic imine (C=N–C) groups is 1. The first-order valence-corrected chi connectivity index (χ1v) is 9.22. The van der Waals surface area contributed by atoms with Gasteiger partial charge in [0.05, 0.1) is 17.9 Å². The Balaban J connectivity index is 0.00000338. The first-order chi connectivity index (χ1) is 11.9. The van der Waals surface area contributed by atoms with Crippen molar-refractivity contribution in [1.82, 2.24) is 20.2 Å². The molecule has 1 unspecified atom stereocenters. The molecule has 0 aliphatic carbocycles. The minimum Gasteiger partial charge on any atom is -0.444 e. The zero-order valence-electron chi connectivity index (χ0n) is 16.2. The molecule has 0 saturated heterocycles. The maximum Gasteiger partial charge on any atom is 0.216 e. The first kappa shape index (κ1) is 22.8. The molecule has 0 bridgehead atoms. The summed E-state index contributed by atoms with van der Waals surface area (Å²) >= 11 is 1.62. The molecule has 0 saturated carbocycles. The van der Waals surface area contributed by atoms with E-state index in [1.807, 2.05) is 39.6 Å². The Labute approximate surface area is 176 Å². The molecule has 2 rings (SSSR count). The van der Waals surface area contributed by atoms with E-state index >= 15 is 0 Å². The maximum atomic E-state index is 5.59. The number of aryl methyl sites for hydroxylation is 2. The lowest BCUT2D eigenvalue weighted by Crippen LogP contribution is -2.38. The van der Waals surface area contributed by atoms with E-state index in [0.29, 0.717) is 19.0 Å². The van der Waals surface area contributed by atoms with Gasteiger partial charge in [-0.2, -0.15) is 0 Å². The van der Waals surface area contributed by atoms with Gasteiger partial charge in [0, 0.05) is 26.1 Å². The second kappa shape index (κ2) is 10.8. The molecule has 2 aromatic heterocycles. The van der Waals surface area contributed by atoms with Crippen molar-refractivity contribution >= 4 is 41.3 Å². The monoisotopic (exact) mass is 493 g/mol. The van der Waals surface area contributed by atoms with Gasteiger partial charge in [-0.15, -0.1) is 35.3 Å². The third kappa shape index (κ3) is 6.20. The standard InChI is InChI=1S/C17H27N5O2S.HI/c1-7-18-17(19-8-15-20-11(2)12(3)24-15)22(5)9-14-10-25-16(21-14)13(4)23-6;/h10,13H,7-9H2,1-6H3,(H,18,19);1H. The largest absolute Gasteiger partial charge is 0.444 e. The number of halogens is 1. The molecule has 2 heterocycles. The number of oxazole rings is 1. The fourth-order valence-corrected chi connectivity index (χ4v) is 3.06. The van der Waals surface area contributed by atoms with E-state index in [1.165, 1.54) is 0 Å². The summed E-state index contributed by atoms with van der Waals surface area (Å²) in [5, 5.41) is 6.34. The van der Waals surface area contributed by atoms with Gasteiger partial charge < -0.3 is 19.4 Å². The molecular weight excluding hydrogens is 465 g/mol. The summed E-state index contributed by atoms with van der Waals surface area (Å²) in [6, 6.07) is 0. The molecule has 0 aromatic carbocycles. The van der Waals surface area contributed by atoms with E-state index in [2.05, 4.69) is 25.7 Å². The maximum absolute atomic E-state index is 5.59. The Bertz CT molecular complexity index is 696. The normalized spacial score (nSPS) is 12.6. The number of methoxy groups -OCH3 is 1. The van der Waals surface area contributed by atoms with Crippen LogP contribution in [0.15, 0.2) is 14.8 Å². The van der Waals surface area contributed by atoms with Gasteiger partial charge in [-0.05, 0) is 27.7 Å². The Morgan fingerprint density at radius 1 is 1.42 bits per heavy atom. The van der Waals surface area contributed by atoms with Crippen LogP contribution < -0.4 is 5.32 Å². The van der Waals surface area contributed by atoms with Crippen LogP contribution in [0.5, 0.6) is 0 Å². The van der Waals surface area contributed by atoms with Crippen LogP contribution >= 0.6 is 35.3 Å². The van der Waals surface area contributed by atoms with Crippen LogP contribution in [0.25, 0.3) is 0 Å². The van der Waals surface area contributed by atoms with Crippen molar-refractivity contribution in [1.29, 1.82) is 0 Å². The molecule has 1 N–H and O–H groups in total. The minimum atomic E-state index is 0. The van der Waals surface area contributed by atoms with E-state index in [0.717, 1.165) is 34.7 Å². The molecule has 7 nitrogen and oxygen atoms in total. The molecule has 0 fully saturated rings. The molecule has 2 aromatic rings. The zero-order valence-corrected chi connectivity index (χ0v) is 19.3. The van der Waals surface area contributed by atoms with Crippen molar-refractivity contribution < 1.29 is 9.15 Å². The number of hydrogen-bond donors (Lipinski definition) is 1. The fraction of sp³-hybridized carbons (Fsp3) is 0.588. The Morgan fingerprint density at radius 2 is 2.15 bits per heavy atom. The average molecular weight is 493 g/mol. The highest BCUT2D eigenvalue weighted by Crippen LogP contribution is 2.21. The van der Waals surface area contributed by atoms with Crippen LogP contribution in [0.3, 0.4) is 0 Å². The molecular formula is C17H28IN5O2S. The number of ether oxygens (including phenoxy) is 1. The van der Waals surface area contributed by atoms with E-state index in [1.54, 1.807) is 18.4 Å². The minimum absolute atomic E-state index is 0. The zero-order chi connectivity index (χ0) is 18.4. The number of aromatic nitrogens is 2. The van der Waals surface area contributed by atoms with Crippen molar-refractivity contribution in [2.45, 2.75) is 46.9 Å². The Kier molecular flexibility index (Phi) is 9.51. The highest BCUT2D eigenvalue weighted by Gasteiger charge is 2.13. The molecule has 1 atom stereocenters. The number of thiazole rings is 1. The van der Waals surface area contributed by atoms with Gasteiger partial charge in [-0.1, -0.05) is 0 Å². The van der Waals surface area contributed by atoms with Crippen molar-refractivity contribution in [2.24, 2.45) is 4.99 Å². The molecule has 0 aliphatic rings. The van der Waals surface area contributed by atoms with Crippen LogP contribution in [0.2, 0.25) is 0 Å². The van der Waals surface area contributed by atoms with Crippen LogP contribution in [-0.2, 0) is 17.8 Å². The van der Waals surface area contributed by atoms with Gasteiger partial charge in [0.2, 0.25) is 5.89 Å². The van der Waals surface area contributed by atoms with Crippen molar-refractivity contribution in [2.75, 3.05) is 20.7 Å². The van der Waals surface area contributed by atoms with Crippen LogP contribution in [-0.4, -0.2) is 41.5 Å². The van der Waals surface area contributed by atoms with Gasteiger partial charge in [0.15, 0.2) is 5.96 Å². The van der Waals surface area contributed by atoms with Gasteiger partial charge in [-0.25, -0.2) is 15.0 Å². The van der Waals surface area contributed by atoms with Crippen molar-refractivity contribution in [3.8, 4) is 0 Å². The number of nitrogens with one attached hydrogen (secondary N) is 1. The van der Waals surface area contributed by atoms with E-state index in [9.17, 15) is 0 Å². The van der Waals surface area contributed by atoms with Crippen LogP contribution in [0, 0.1) is 13.8 Å². The van der Waals surface area contributed by atoms with E-state index in [4.69, 9.17) is 9.15 Å². The summed E-state index contributed by atoms with van der Waals surface area (Å²) in [6.07, 6.45) is 0.0162. The van der Waals surface area contributed by atoms with Gasteiger partial charge >= 0.3 is 0 Å². The van der Waals surface area contributed by atoms with Crippen molar-refractivity contribution in [3.05, 3.63) is 33.4 Å². The number of rotatable bonds is 7. The second-order valence-corrected chi connectivity index (χ2v) is 6.72. The fourth-order valence-electron chi connectivity index (χ4n) is 2.22. The van der Waals surface area contributed by atoms with Gasteiger partial charge in [0.25, 0.3) is 0 Å².